The summed E-state index contributed by atoms with van der Waals surface area (Å²) in [4.78, 5) is 10.9. The number of para-hydroxylation sites is 1. The summed E-state index contributed by atoms with van der Waals surface area (Å²) in [7, 11) is 0. The molecule has 0 aliphatic rings. The second-order valence-electron chi connectivity index (χ2n) is 4.09. The highest BCUT2D eigenvalue weighted by Crippen LogP contribution is 2.22. The largest absolute Gasteiger partial charge is 0.493 e. The molecule has 4 nitrogen and oxygen atoms in total. The molecule has 0 saturated carbocycles. The van der Waals surface area contributed by atoms with Gasteiger partial charge in [-0.2, -0.15) is 0 Å². The van der Waals surface area contributed by atoms with Crippen LogP contribution in [0.5, 0.6) is 5.75 Å². The SMILES string of the molecule is Cc1cccc(C)c1OCCCCC(=O)NN. The molecule has 0 aliphatic heterocycles. The van der Waals surface area contributed by atoms with Gasteiger partial charge in [-0.3, -0.25) is 10.2 Å². The maximum atomic E-state index is 10.9. The van der Waals surface area contributed by atoms with E-state index < -0.39 is 0 Å². The van der Waals surface area contributed by atoms with E-state index in [4.69, 9.17) is 10.6 Å². The normalized spacial score (nSPS) is 10.1. The van der Waals surface area contributed by atoms with Crippen molar-refractivity contribution in [3.05, 3.63) is 29.3 Å². The average molecular weight is 236 g/mol. The van der Waals surface area contributed by atoms with Crippen molar-refractivity contribution in [2.45, 2.75) is 33.1 Å². The average Bonchev–Trinajstić information content (AvgIpc) is 2.31. The topological polar surface area (TPSA) is 64.3 Å². The Kier molecular flexibility index (Phi) is 5.49. The van der Waals surface area contributed by atoms with Crippen molar-refractivity contribution in [2.24, 2.45) is 5.84 Å². The lowest BCUT2D eigenvalue weighted by atomic mass is 10.1. The van der Waals surface area contributed by atoms with E-state index >= 15 is 0 Å². The van der Waals surface area contributed by atoms with Gasteiger partial charge in [0.25, 0.3) is 0 Å². The van der Waals surface area contributed by atoms with E-state index in [0.717, 1.165) is 29.7 Å². The molecule has 1 aromatic rings. The van der Waals surface area contributed by atoms with Crippen LogP contribution in [0.15, 0.2) is 18.2 Å². The maximum absolute atomic E-state index is 10.9. The predicted octanol–water partition coefficient (Wildman–Crippen LogP) is 1.84. The first-order valence-corrected chi connectivity index (χ1v) is 5.83. The quantitative estimate of drug-likeness (QED) is 0.343. The fraction of sp³-hybridized carbons (Fsp3) is 0.462. The Morgan fingerprint density at radius 2 is 1.94 bits per heavy atom. The number of hydrazine groups is 1. The van der Waals surface area contributed by atoms with Gasteiger partial charge in [0.05, 0.1) is 6.61 Å². The molecule has 4 heteroatoms. The monoisotopic (exact) mass is 236 g/mol. The Morgan fingerprint density at radius 3 is 2.53 bits per heavy atom. The van der Waals surface area contributed by atoms with Crippen molar-refractivity contribution < 1.29 is 9.53 Å². The van der Waals surface area contributed by atoms with Crippen LogP contribution in [0.3, 0.4) is 0 Å². The molecule has 94 valence electrons. The number of carbonyl (C=O) groups excluding carboxylic acids is 1. The van der Waals surface area contributed by atoms with Crippen LogP contribution in [0.1, 0.15) is 30.4 Å². The molecule has 0 fully saturated rings. The van der Waals surface area contributed by atoms with E-state index in [9.17, 15) is 4.79 Å². The highest BCUT2D eigenvalue weighted by Gasteiger charge is 2.03. The summed E-state index contributed by atoms with van der Waals surface area (Å²) >= 11 is 0. The molecule has 0 aromatic heterocycles. The van der Waals surface area contributed by atoms with Crippen LogP contribution in [-0.4, -0.2) is 12.5 Å². The number of hydrogen-bond acceptors (Lipinski definition) is 3. The van der Waals surface area contributed by atoms with Crippen molar-refractivity contribution in [1.29, 1.82) is 0 Å². The number of unbranched alkanes of at least 4 members (excludes halogenated alkanes) is 1. The molecular formula is C13H20N2O2. The number of benzene rings is 1. The maximum Gasteiger partial charge on any atom is 0.233 e. The molecule has 0 unspecified atom stereocenters. The van der Waals surface area contributed by atoms with Crippen LogP contribution in [0.2, 0.25) is 0 Å². The lowest BCUT2D eigenvalue weighted by Gasteiger charge is -2.11. The van der Waals surface area contributed by atoms with E-state index in [1.807, 2.05) is 32.0 Å². The summed E-state index contributed by atoms with van der Waals surface area (Å²) in [6.07, 6.45) is 2.09. The van der Waals surface area contributed by atoms with Gasteiger partial charge >= 0.3 is 0 Å². The van der Waals surface area contributed by atoms with Gasteiger partial charge < -0.3 is 4.74 Å². The molecule has 0 heterocycles. The summed E-state index contributed by atoms with van der Waals surface area (Å²) in [5.74, 6) is 5.81. The fourth-order valence-corrected chi connectivity index (χ4v) is 1.66. The van der Waals surface area contributed by atoms with Gasteiger partial charge in [-0.1, -0.05) is 18.2 Å². The van der Waals surface area contributed by atoms with Crippen LogP contribution in [-0.2, 0) is 4.79 Å². The molecule has 17 heavy (non-hydrogen) atoms. The zero-order chi connectivity index (χ0) is 12.7. The standard InChI is InChI=1S/C13H20N2O2/c1-10-6-5-7-11(2)13(10)17-9-4-3-8-12(16)15-14/h5-7H,3-4,8-9,14H2,1-2H3,(H,15,16). The molecule has 0 aliphatic carbocycles. The van der Waals surface area contributed by atoms with Crippen molar-refractivity contribution in [2.75, 3.05) is 6.61 Å². The molecule has 1 rings (SSSR count). The molecule has 0 atom stereocenters. The van der Waals surface area contributed by atoms with Gasteiger partial charge in [-0.25, -0.2) is 5.84 Å². The van der Waals surface area contributed by atoms with E-state index in [1.165, 1.54) is 0 Å². The van der Waals surface area contributed by atoms with Crippen LogP contribution in [0.4, 0.5) is 0 Å². The Morgan fingerprint density at radius 1 is 1.29 bits per heavy atom. The highest BCUT2D eigenvalue weighted by molar-refractivity contribution is 5.75. The van der Waals surface area contributed by atoms with Crippen LogP contribution in [0, 0.1) is 13.8 Å². The van der Waals surface area contributed by atoms with Gasteiger partial charge in [0.2, 0.25) is 5.91 Å². The second-order valence-corrected chi connectivity index (χ2v) is 4.09. The molecule has 1 amide bonds. The molecule has 0 saturated heterocycles. The van der Waals surface area contributed by atoms with E-state index in [-0.39, 0.29) is 5.91 Å². The number of nitrogens with one attached hydrogen (secondary N) is 1. The number of rotatable bonds is 6. The van der Waals surface area contributed by atoms with Gasteiger partial charge in [0.15, 0.2) is 0 Å². The minimum Gasteiger partial charge on any atom is -0.493 e. The number of nitrogens with two attached hydrogens (primary N) is 1. The Bertz CT molecular complexity index is 357. The number of ether oxygens (including phenoxy) is 1. The molecule has 1 aromatic carbocycles. The molecule has 0 spiro atoms. The minimum atomic E-state index is -0.128. The molecule has 0 bridgehead atoms. The number of aryl methyl sites for hydroxylation is 2. The highest BCUT2D eigenvalue weighted by atomic mass is 16.5. The van der Waals surface area contributed by atoms with E-state index in [0.29, 0.717) is 13.0 Å². The van der Waals surface area contributed by atoms with Crippen LogP contribution in [0.25, 0.3) is 0 Å². The van der Waals surface area contributed by atoms with Gasteiger partial charge in [-0.05, 0) is 37.8 Å². The fourth-order valence-electron chi connectivity index (χ4n) is 1.66. The third-order valence-electron chi connectivity index (χ3n) is 2.61. The Balaban J connectivity index is 2.29. The summed E-state index contributed by atoms with van der Waals surface area (Å²) in [6.45, 7) is 4.69. The zero-order valence-corrected chi connectivity index (χ0v) is 10.5. The minimum absolute atomic E-state index is 0.128. The van der Waals surface area contributed by atoms with Crippen molar-refractivity contribution >= 4 is 5.91 Å². The number of hydrogen-bond donors (Lipinski definition) is 2. The van der Waals surface area contributed by atoms with Gasteiger partial charge in [0, 0.05) is 6.42 Å². The van der Waals surface area contributed by atoms with Crippen molar-refractivity contribution in [1.82, 2.24) is 5.43 Å². The van der Waals surface area contributed by atoms with E-state index in [1.54, 1.807) is 0 Å². The lowest BCUT2D eigenvalue weighted by Crippen LogP contribution is -2.29. The van der Waals surface area contributed by atoms with E-state index in [2.05, 4.69) is 5.43 Å². The summed E-state index contributed by atoms with van der Waals surface area (Å²) in [6, 6.07) is 6.08. The Labute approximate surface area is 102 Å². The first-order valence-electron chi connectivity index (χ1n) is 5.83. The predicted molar refractivity (Wildman–Crippen MR) is 67.6 cm³/mol. The molecule has 0 radical (unpaired) electrons. The first-order chi connectivity index (χ1) is 8.15. The number of carbonyl (C=O) groups is 1. The van der Waals surface area contributed by atoms with Gasteiger partial charge in [-0.15, -0.1) is 0 Å². The Hall–Kier alpha value is -1.55. The third kappa shape index (κ3) is 4.44. The zero-order valence-electron chi connectivity index (χ0n) is 10.5. The molecular weight excluding hydrogens is 216 g/mol. The first kappa shape index (κ1) is 13.5. The van der Waals surface area contributed by atoms with Gasteiger partial charge in [0.1, 0.15) is 5.75 Å². The summed E-state index contributed by atoms with van der Waals surface area (Å²) < 4.78 is 5.72. The number of amides is 1. The smallest absolute Gasteiger partial charge is 0.233 e. The summed E-state index contributed by atoms with van der Waals surface area (Å²) in [5.41, 5.74) is 4.40. The lowest BCUT2D eigenvalue weighted by molar-refractivity contribution is -0.121. The second kappa shape index (κ2) is 6.91. The molecule has 3 N–H and O–H groups in total. The third-order valence-corrected chi connectivity index (χ3v) is 2.61. The van der Waals surface area contributed by atoms with Crippen molar-refractivity contribution in [3.63, 3.8) is 0 Å². The van der Waals surface area contributed by atoms with Crippen LogP contribution >= 0.6 is 0 Å². The van der Waals surface area contributed by atoms with Crippen molar-refractivity contribution in [3.8, 4) is 5.75 Å². The van der Waals surface area contributed by atoms with Crippen LogP contribution < -0.4 is 16.0 Å². The summed E-state index contributed by atoms with van der Waals surface area (Å²) in [5, 5.41) is 0.